The number of carbonyl (C=O) groups is 1. The number of nitrogens with one attached hydrogen (secondary N) is 1. The van der Waals surface area contributed by atoms with Gasteiger partial charge in [0.25, 0.3) is 5.91 Å². The van der Waals surface area contributed by atoms with Crippen LogP contribution >= 0.6 is 0 Å². The molecule has 0 fully saturated rings. The number of hydrogen-bond donors (Lipinski definition) is 1. The van der Waals surface area contributed by atoms with Gasteiger partial charge in [-0.05, 0) is 55.5 Å². The van der Waals surface area contributed by atoms with Gasteiger partial charge in [-0.1, -0.05) is 31.2 Å². The molecule has 1 unspecified atom stereocenters. The Labute approximate surface area is 187 Å². The maximum Gasteiger partial charge on any atom is 0.273 e. The van der Waals surface area contributed by atoms with Gasteiger partial charge in [-0.15, -0.1) is 5.10 Å². The van der Waals surface area contributed by atoms with Gasteiger partial charge in [0.1, 0.15) is 11.9 Å². The maximum atomic E-state index is 12.7. The summed E-state index contributed by atoms with van der Waals surface area (Å²) in [6, 6.07) is 11.9. The normalized spacial score (nSPS) is 14.1. The number of nitrogens with zero attached hydrogens (tertiary/aromatic N) is 6. The average Bonchev–Trinajstić information content (AvgIpc) is 3.19. The summed E-state index contributed by atoms with van der Waals surface area (Å²) in [5.74, 6) is 0.838. The number of hydrogen-bond acceptors (Lipinski definition) is 6. The van der Waals surface area contributed by atoms with Crippen LogP contribution in [0, 0.1) is 24.2 Å². The quantitative estimate of drug-likeness (QED) is 0.669. The van der Waals surface area contributed by atoms with E-state index in [0.29, 0.717) is 35.2 Å². The van der Waals surface area contributed by atoms with Gasteiger partial charge < -0.3 is 10.2 Å². The number of anilines is 1. The molecule has 1 aliphatic rings. The predicted octanol–water partition coefficient (Wildman–Crippen LogP) is 3.18. The lowest BCUT2D eigenvalue weighted by molar-refractivity contribution is 0.0924. The van der Waals surface area contributed by atoms with Gasteiger partial charge in [-0.2, -0.15) is 5.26 Å². The number of carbonyl (C=O) groups excluding carboxylic acids is 1. The molecule has 4 rings (SSSR count). The molecule has 0 aliphatic carbocycles. The first-order valence-electron chi connectivity index (χ1n) is 10.8. The molecule has 2 aromatic heterocycles. The van der Waals surface area contributed by atoms with Crippen LogP contribution in [-0.4, -0.2) is 38.5 Å². The van der Waals surface area contributed by atoms with E-state index in [0.717, 1.165) is 24.2 Å². The summed E-state index contributed by atoms with van der Waals surface area (Å²) in [4.78, 5) is 19.3. The molecule has 1 atom stereocenters. The second-order valence-electron chi connectivity index (χ2n) is 8.51. The number of fused-ring (bicyclic) bond motifs is 1. The molecule has 1 N–H and O–H groups in total. The highest BCUT2D eigenvalue weighted by atomic mass is 16.2. The fourth-order valence-electron chi connectivity index (χ4n) is 3.91. The maximum absolute atomic E-state index is 12.7. The van der Waals surface area contributed by atoms with E-state index in [1.165, 1.54) is 5.56 Å². The molecule has 3 aromatic rings. The van der Waals surface area contributed by atoms with Crippen molar-refractivity contribution in [3.05, 3.63) is 64.6 Å². The largest absolute Gasteiger partial charge is 0.351 e. The minimum atomic E-state index is -0.204. The van der Waals surface area contributed by atoms with Crippen LogP contribution in [0.25, 0.3) is 5.69 Å². The summed E-state index contributed by atoms with van der Waals surface area (Å²) in [6.45, 7) is 9.39. The Balaban J connectivity index is 1.63. The van der Waals surface area contributed by atoms with E-state index in [4.69, 9.17) is 0 Å². The number of aromatic nitrogens is 4. The average molecular weight is 430 g/mol. The molecule has 1 aliphatic heterocycles. The first kappa shape index (κ1) is 21.5. The van der Waals surface area contributed by atoms with E-state index in [2.05, 4.69) is 51.5 Å². The lowest BCUT2D eigenvalue weighted by atomic mass is 9.97. The van der Waals surface area contributed by atoms with Crippen LogP contribution in [0.2, 0.25) is 0 Å². The van der Waals surface area contributed by atoms with Crippen molar-refractivity contribution in [1.82, 2.24) is 25.3 Å². The standard InChI is InChI=1S/C24H27N7O/c1-15(2)16(3)27-24(32)22-17(4)31(29-28-22)21-9-5-7-19-14-30(12-10-20(19)21)23-18(13-25)8-6-11-26-23/h5-9,11,15-16H,10,12,14H2,1-4H3,(H,27,32). The number of pyridine rings is 1. The molecule has 1 amide bonds. The van der Waals surface area contributed by atoms with Gasteiger partial charge in [-0.3, -0.25) is 4.79 Å². The lowest BCUT2D eigenvalue weighted by Crippen LogP contribution is -2.36. The molecule has 8 nitrogen and oxygen atoms in total. The third kappa shape index (κ3) is 3.94. The first-order chi connectivity index (χ1) is 15.4. The highest BCUT2D eigenvalue weighted by Crippen LogP contribution is 2.29. The van der Waals surface area contributed by atoms with Gasteiger partial charge in [0.05, 0.1) is 16.9 Å². The van der Waals surface area contributed by atoms with Crippen molar-refractivity contribution in [2.75, 3.05) is 11.4 Å². The molecule has 1 aromatic carbocycles. The van der Waals surface area contributed by atoms with Crippen molar-refractivity contribution in [3.8, 4) is 11.8 Å². The molecule has 0 spiro atoms. The lowest BCUT2D eigenvalue weighted by Gasteiger charge is -2.31. The Kier molecular flexibility index (Phi) is 5.91. The van der Waals surface area contributed by atoms with Crippen LogP contribution in [0.4, 0.5) is 5.82 Å². The number of rotatable bonds is 5. The fourth-order valence-corrected chi connectivity index (χ4v) is 3.91. The Hall–Kier alpha value is -3.73. The van der Waals surface area contributed by atoms with Crippen molar-refractivity contribution >= 4 is 11.7 Å². The zero-order valence-electron chi connectivity index (χ0n) is 18.8. The Morgan fingerprint density at radius 1 is 1.22 bits per heavy atom. The van der Waals surface area contributed by atoms with E-state index in [1.807, 2.05) is 26.0 Å². The zero-order chi connectivity index (χ0) is 22.8. The molecule has 3 heterocycles. The highest BCUT2D eigenvalue weighted by molar-refractivity contribution is 5.93. The van der Waals surface area contributed by atoms with Crippen LogP contribution in [0.15, 0.2) is 36.5 Å². The zero-order valence-corrected chi connectivity index (χ0v) is 18.8. The molecule has 0 bridgehead atoms. The second-order valence-corrected chi connectivity index (χ2v) is 8.51. The summed E-state index contributed by atoms with van der Waals surface area (Å²) in [6.07, 6.45) is 2.49. The third-order valence-electron chi connectivity index (χ3n) is 6.14. The molecular formula is C24H27N7O. The van der Waals surface area contributed by atoms with Crippen LogP contribution in [-0.2, 0) is 13.0 Å². The molecule has 8 heteroatoms. The van der Waals surface area contributed by atoms with Crippen LogP contribution in [0.3, 0.4) is 0 Å². The topological polar surface area (TPSA) is 99.7 Å². The summed E-state index contributed by atoms with van der Waals surface area (Å²) in [5, 5.41) is 20.9. The van der Waals surface area contributed by atoms with Gasteiger partial charge in [0.2, 0.25) is 0 Å². The third-order valence-corrected chi connectivity index (χ3v) is 6.14. The minimum Gasteiger partial charge on any atom is -0.351 e. The molecule has 0 radical (unpaired) electrons. The second kappa shape index (κ2) is 8.79. The van der Waals surface area contributed by atoms with E-state index in [1.54, 1.807) is 23.0 Å². The van der Waals surface area contributed by atoms with Gasteiger partial charge in [-0.25, -0.2) is 9.67 Å². The molecule has 0 saturated heterocycles. The SMILES string of the molecule is Cc1c(C(=O)NC(C)C(C)C)nnn1-c1cccc2c1CCN(c1ncccc1C#N)C2. The predicted molar refractivity (Wildman–Crippen MR) is 122 cm³/mol. The van der Waals surface area contributed by atoms with E-state index < -0.39 is 0 Å². The van der Waals surface area contributed by atoms with Crippen molar-refractivity contribution < 1.29 is 4.79 Å². The summed E-state index contributed by atoms with van der Waals surface area (Å²) in [5.41, 5.74) is 4.90. The Morgan fingerprint density at radius 3 is 2.78 bits per heavy atom. The van der Waals surface area contributed by atoms with Crippen molar-refractivity contribution in [2.24, 2.45) is 5.92 Å². The first-order valence-corrected chi connectivity index (χ1v) is 10.8. The van der Waals surface area contributed by atoms with Crippen LogP contribution in [0.1, 0.15) is 53.6 Å². The number of amides is 1. The highest BCUT2D eigenvalue weighted by Gasteiger charge is 2.25. The van der Waals surface area contributed by atoms with Crippen molar-refractivity contribution in [2.45, 2.75) is 46.7 Å². The molecule has 0 saturated carbocycles. The smallest absolute Gasteiger partial charge is 0.273 e. The number of nitriles is 1. The summed E-state index contributed by atoms with van der Waals surface area (Å²) < 4.78 is 1.75. The summed E-state index contributed by atoms with van der Waals surface area (Å²) >= 11 is 0. The van der Waals surface area contributed by atoms with Crippen molar-refractivity contribution in [1.29, 1.82) is 5.26 Å². The number of benzene rings is 1. The van der Waals surface area contributed by atoms with E-state index >= 15 is 0 Å². The molecule has 32 heavy (non-hydrogen) atoms. The fraction of sp³-hybridized carbons (Fsp3) is 0.375. The van der Waals surface area contributed by atoms with Crippen molar-refractivity contribution in [3.63, 3.8) is 0 Å². The van der Waals surface area contributed by atoms with Gasteiger partial charge in [0, 0.05) is 25.3 Å². The Morgan fingerprint density at radius 2 is 2.03 bits per heavy atom. The van der Waals surface area contributed by atoms with Gasteiger partial charge >= 0.3 is 0 Å². The Bertz CT molecular complexity index is 1190. The monoisotopic (exact) mass is 429 g/mol. The molecule has 164 valence electrons. The summed E-state index contributed by atoms with van der Waals surface area (Å²) in [7, 11) is 0. The van der Waals surface area contributed by atoms with Crippen LogP contribution in [0.5, 0.6) is 0 Å². The van der Waals surface area contributed by atoms with Gasteiger partial charge in [0.15, 0.2) is 5.69 Å². The van der Waals surface area contributed by atoms with Crippen LogP contribution < -0.4 is 10.2 Å². The molecular weight excluding hydrogens is 402 g/mol. The van der Waals surface area contributed by atoms with E-state index in [-0.39, 0.29) is 11.9 Å². The minimum absolute atomic E-state index is 0.0485. The van der Waals surface area contributed by atoms with E-state index in [9.17, 15) is 10.1 Å².